The van der Waals surface area contributed by atoms with E-state index in [-0.39, 0.29) is 0 Å². The fourth-order valence-corrected chi connectivity index (χ4v) is 0.915. The molecular weight excluding hydrogens is 297 g/mol. The molecule has 1 aromatic carbocycles. The second kappa shape index (κ2) is 9.17. The maximum absolute atomic E-state index is 10.6. The molecule has 0 saturated heterocycles. The van der Waals surface area contributed by atoms with Crippen LogP contribution in [0, 0.1) is 0 Å². The van der Waals surface area contributed by atoms with Gasteiger partial charge < -0.3 is 14.7 Å². The number of halogens is 1. The van der Waals surface area contributed by atoms with Crippen molar-refractivity contribution in [3.63, 3.8) is 0 Å². The van der Waals surface area contributed by atoms with Crippen molar-refractivity contribution in [1.29, 1.82) is 0 Å². The van der Waals surface area contributed by atoms with E-state index < -0.39 is 19.1 Å². The van der Waals surface area contributed by atoms with Gasteiger partial charge in [0.2, 0.25) is 5.24 Å². The molecule has 0 heterocycles. The smallest absolute Gasteiger partial charge is 0.303 e. The van der Waals surface area contributed by atoms with Crippen LogP contribution >= 0.6 is 19.4 Å². The highest BCUT2D eigenvalue weighted by atomic mass is 35.5. The van der Waals surface area contributed by atoms with Crippen molar-refractivity contribution in [2.75, 3.05) is 0 Å². The SMILES string of the molecule is CC(NOCc1ccccc1)C(=O)Cl.O=P(O)(O)O. The van der Waals surface area contributed by atoms with Crippen LogP contribution in [0.2, 0.25) is 0 Å². The number of rotatable bonds is 5. The van der Waals surface area contributed by atoms with Crippen LogP contribution in [0.4, 0.5) is 0 Å². The molecule has 1 aromatic rings. The molecule has 0 fully saturated rings. The Kier molecular flexibility index (Phi) is 8.79. The van der Waals surface area contributed by atoms with Gasteiger partial charge in [-0.25, -0.2) is 4.57 Å². The molecule has 4 N–H and O–H groups in total. The predicted molar refractivity (Wildman–Crippen MR) is 69.0 cm³/mol. The van der Waals surface area contributed by atoms with Gasteiger partial charge in [0.15, 0.2) is 0 Å². The largest absolute Gasteiger partial charge is 0.466 e. The number of carbonyl (C=O) groups excluding carboxylic acids is 1. The van der Waals surface area contributed by atoms with Gasteiger partial charge in [-0.15, -0.1) is 0 Å². The maximum Gasteiger partial charge on any atom is 0.466 e. The van der Waals surface area contributed by atoms with Crippen molar-refractivity contribution in [2.45, 2.75) is 19.6 Å². The van der Waals surface area contributed by atoms with Crippen LogP contribution in [0.25, 0.3) is 0 Å². The minimum absolute atomic E-state index is 0.412. The lowest BCUT2D eigenvalue weighted by Crippen LogP contribution is -2.31. The zero-order valence-electron chi connectivity index (χ0n) is 10.1. The van der Waals surface area contributed by atoms with E-state index in [1.807, 2.05) is 30.3 Å². The summed E-state index contributed by atoms with van der Waals surface area (Å²) in [5.74, 6) is 0. The average Bonchev–Trinajstić information content (AvgIpc) is 2.28. The normalized spacial score (nSPS) is 12.3. The number of hydrogen-bond donors (Lipinski definition) is 4. The zero-order chi connectivity index (χ0) is 14.9. The highest BCUT2D eigenvalue weighted by Crippen LogP contribution is 2.25. The van der Waals surface area contributed by atoms with Crippen molar-refractivity contribution >= 4 is 24.7 Å². The van der Waals surface area contributed by atoms with Crippen molar-refractivity contribution in [3.05, 3.63) is 35.9 Å². The summed E-state index contributed by atoms with van der Waals surface area (Å²) in [7, 11) is -4.64. The number of phosphoric acid groups is 1. The first kappa shape index (κ1) is 18.2. The molecule has 0 aromatic heterocycles. The predicted octanol–water partition coefficient (Wildman–Crippen LogP) is 0.933. The highest BCUT2D eigenvalue weighted by molar-refractivity contribution is 7.45. The lowest BCUT2D eigenvalue weighted by Gasteiger charge is -2.09. The molecule has 0 radical (unpaired) electrons. The molecule has 0 saturated carbocycles. The Bertz CT molecular complexity index is 415. The van der Waals surface area contributed by atoms with E-state index in [9.17, 15) is 4.79 Å². The van der Waals surface area contributed by atoms with E-state index in [2.05, 4.69) is 5.48 Å². The van der Waals surface area contributed by atoms with Crippen LogP contribution in [-0.2, 0) is 20.8 Å². The Morgan fingerprint density at radius 2 is 1.84 bits per heavy atom. The summed E-state index contributed by atoms with van der Waals surface area (Å²) >= 11 is 5.23. The summed E-state index contributed by atoms with van der Waals surface area (Å²) in [4.78, 5) is 37.3. The lowest BCUT2D eigenvalue weighted by molar-refractivity contribution is -0.117. The van der Waals surface area contributed by atoms with Gasteiger partial charge in [0.05, 0.1) is 6.61 Å². The third kappa shape index (κ3) is 13.4. The fourth-order valence-electron chi connectivity index (χ4n) is 0.871. The van der Waals surface area contributed by atoms with Crippen LogP contribution in [-0.4, -0.2) is 26.0 Å². The number of hydrogen-bond acceptors (Lipinski definition) is 4. The van der Waals surface area contributed by atoms with Crippen molar-refractivity contribution in [1.82, 2.24) is 5.48 Å². The zero-order valence-corrected chi connectivity index (χ0v) is 11.7. The Labute approximate surface area is 115 Å². The van der Waals surface area contributed by atoms with E-state index in [0.717, 1.165) is 5.56 Å². The standard InChI is InChI=1S/C10H12ClNO2.H3O4P/c1-8(10(11)13)12-14-7-9-5-3-2-4-6-9;1-5(2,3)4/h2-6,8,12H,7H2,1H3;(H3,1,2,3,4). The molecule has 0 spiro atoms. The third-order valence-electron chi connectivity index (χ3n) is 1.68. The van der Waals surface area contributed by atoms with E-state index >= 15 is 0 Å². The quantitative estimate of drug-likeness (QED) is 0.363. The topological polar surface area (TPSA) is 116 Å². The highest BCUT2D eigenvalue weighted by Gasteiger charge is 2.08. The van der Waals surface area contributed by atoms with Gasteiger partial charge in [0, 0.05) is 0 Å². The molecule has 0 aliphatic rings. The first-order chi connectivity index (χ1) is 8.70. The maximum atomic E-state index is 10.6. The fraction of sp³-hybridized carbons (Fsp3) is 0.300. The first-order valence-electron chi connectivity index (χ1n) is 5.09. The molecule has 1 rings (SSSR count). The molecule has 9 heteroatoms. The van der Waals surface area contributed by atoms with Crippen LogP contribution < -0.4 is 5.48 Å². The molecule has 108 valence electrons. The summed E-state index contributed by atoms with van der Waals surface area (Å²) in [6, 6.07) is 9.18. The van der Waals surface area contributed by atoms with Crippen molar-refractivity contribution in [3.8, 4) is 0 Å². The average molecular weight is 312 g/mol. The molecule has 19 heavy (non-hydrogen) atoms. The number of benzene rings is 1. The molecule has 7 nitrogen and oxygen atoms in total. The monoisotopic (exact) mass is 311 g/mol. The molecular formula is C10H15ClNO6P. The molecule has 0 amide bonds. The van der Waals surface area contributed by atoms with E-state index in [1.165, 1.54) is 0 Å². The molecule has 0 bridgehead atoms. The number of carbonyl (C=O) groups is 1. The summed E-state index contributed by atoms with van der Waals surface area (Å²) < 4.78 is 8.88. The molecule has 0 aliphatic heterocycles. The van der Waals surface area contributed by atoms with Gasteiger partial charge in [0.25, 0.3) is 0 Å². The van der Waals surface area contributed by atoms with Gasteiger partial charge in [-0.2, -0.15) is 5.48 Å². The lowest BCUT2D eigenvalue weighted by atomic mass is 10.2. The minimum Gasteiger partial charge on any atom is -0.303 e. The van der Waals surface area contributed by atoms with Gasteiger partial charge >= 0.3 is 7.82 Å². The van der Waals surface area contributed by atoms with Crippen molar-refractivity contribution in [2.24, 2.45) is 0 Å². The van der Waals surface area contributed by atoms with Gasteiger partial charge in [-0.1, -0.05) is 30.3 Å². The summed E-state index contributed by atoms with van der Waals surface area (Å²) in [5.41, 5.74) is 3.59. The van der Waals surface area contributed by atoms with Gasteiger partial charge in [-0.05, 0) is 24.1 Å². The summed E-state index contributed by atoms with van der Waals surface area (Å²) in [6.07, 6.45) is 0. The Hall–Kier alpha value is -0.790. The van der Waals surface area contributed by atoms with Gasteiger partial charge in [-0.3, -0.25) is 9.63 Å². The third-order valence-corrected chi connectivity index (χ3v) is 2.01. The van der Waals surface area contributed by atoms with Crippen LogP contribution in [0.1, 0.15) is 12.5 Å². The summed E-state index contributed by atoms with van der Waals surface area (Å²) in [6.45, 7) is 2.05. The number of nitrogens with one attached hydrogen (secondary N) is 1. The summed E-state index contributed by atoms with van der Waals surface area (Å²) in [5, 5.41) is -0.460. The van der Waals surface area contributed by atoms with Crippen molar-refractivity contribution < 1.29 is 28.9 Å². The van der Waals surface area contributed by atoms with Crippen LogP contribution in [0.5, 0.6) is 0 Å². The first-order valence-corrected chi connectivity index (χ1v) is 7.03. The van der Waals surface area contributed by atoms with E-state index in [1.54, 1.807) is 6.92 Å². The molecule has 1 atom stereocenters. The van der Waals surface area contributed by atoms with Crippen LogP contribution in [0.3, 0.4) is 0 Å². The second-order valence-corrected chi connectivity index (χ2v) is 4.83. The Balaban J connectivity index is 0.000000555. The van der Waals surface area contributed by atoms with Crippen LogP contribution in [0.15, 0.2) is 30.3 Å². The Morgan fingerprint density at radius 3 is 2.26 bits per heavy atom. The Morgan fingerprint density at radius 1 is 1.37 bits per heavy atom. The second-order valence-electron chi connectivity index (χ2n) is 3.43. The van der Waals surface area contributed by atoms with E-state index in [4.69, 9.17) is 35.7 Å². The molecule has 0 aliphatic carbocycles. The molecule has 1 unspecified atom stereocenters. The number of hydroxylamine groups is 1. The minimum atomic E-state index is -4.64. The van der Waals surface area contributed by atoms with E-state index in [0.29, 0.717) is 6.61 Å². The van der Waals surface area contributed by atoms with Gasteiger partial charge in [0.1, 0.15) is 6.04 Å².